The van der Waals surface area contributed by atoms with Crippen LogP contribution in [-0.4, -0.2) is 20.8 Å². The molecule has 1 aliphatic rings. The highest BCUT2D eigenvalue weighted by molar-refractivity contribution is 5.54. The molecule has 0 aliphatic carbocycles. The summed E-state index contributed by atoms with van der Waals surface area (Å²) in [6.45, 7) is 5.80. The van der Waals surface area contributed by atoms with Crippen molar-refractivity contribution < 1.29 is 14.2 Å². The summed E-state index contributed by atoms with van der Waals surface area (Å²) in [5, 5.41) is 3.68. The number of methoxy groups -OCH3 is 2. The van der Waals surface area contributed by atoms with Gasteiger partial charge >= 0.3 is 0 Å². The van der Waals surface area contributed by atoms with Gasteiger partial charge in [0.25, 0.3) is 0 Å². The van der Waals surface area contributed by atoms with Crippen molar-refractivity contribution in [1.29, 1.82) is 0 Å². The first-order chi connectivity index (χ1) is 15.1. The highest BCUT2D eigenvalue weighted by Gasteiger charge is 2.26. The first-order valence-electron chi connectivity index (χ1n) is 10.9. The maximum Gasteiger partial charge on any atom is 0.162 e. The lowest BCUT2D eigenvalue weighted by atomic mass is 9.88. The lowest BCUT2D eigenvalue weighted by molar-refractivity contribution is 0.283. The van der Waals surface area contributed by atoms with Crippen LogP contribution in [0, 0.1) is 0 Å². The molecule has 1 heterocycles. The van der Waals surface area contributed by atoms with Crippen molar-refractivity contribution in [2.24, 2.45) is 0 Å². The largest absolute Gasteiger partial charge is 0.496 e. The van der Waals surface area contributed by atoms with Gasteiger partial charge in [0, 0.05) is 12.1 Å². The van der Waals surface area contributed by atoms with Gasteiger partial charge < -0.3 is 19.5 Å². The fourth-order valence-electron chi connectivity index (χ4n) is 4.17. The Labute approximate surface area is 185 Å². The van der Waals surface area contributed by atoms with Crippen molar-refractivity contribution in [1.82, 2.24) is 5.32 Å². The smallest absolute Gasteiger partial charge is 0.162 e. The van der Waals surface area contributed by atoms with Gasteiger partial charge in [0.1, 0.15) is 12.4 Å². The summed E-state index contributed by atoms with van der Waals surface area (Å²) in [6.07, 6.45) is 0.952. The van der Waals surface area contributed by atoms with Gasteiger partial charge in [-0.15, -0.1) is 0 Å². The average molecular weight is 418 g/mol. The molecule has 4 rings (SSSR count). The summed E-state index contributed by atoms with van der Waals surface area (Å²) >= 11 is 0. The summed E-state index contributed by atoms with van der Waals surface area (Å²) in [5.74, 6) is 2.91. The zero-order valence-corrected chi connectivity index (χ0v) is 18.8. The molecule has 0 amide bonds. The van der Waals surface area contributed by atoms with E-state index in [2.05, 4.69) is 61.6 Å². The molecule has 4 nitrogen and oxygen atoms in total. The topological polar surface area (TPSA) is 39.7 Å². The van der Waals surface area contributed by atoms with Gasteiger partial charge in [-0.25, -0.2) is 0 Å². The zero-order chi connectivity index (χ0) is 21.8. The van der Waals surface area contributed by atoms with Crippen molar-refractivity contribution in [2.75, 3.05) is 20.8 Å². The van der Waals surface area contributed by atoms with E-state index >= 15 is 0 Å². The van der Waals surface area contributed by atoms with Gasteiger partial charge in [0.05, 0.1) is 20.3 Å². The van der Waals surface area contributed by atoms with Gasteiger partial charge in [-0.1, -0.05) is 56.3 Å². The van der Waals surface area contributed by atoms with E-state index in [1.54, 1.807) is 14.2 Å². The van der Waals surface area contributed by atoms with E-state index in [1.807, 2.05) is 18.2 Å². The lowest BCUT2D eigenvalue weighted by Crippen LogP contribution is -2.31. The molecule has 3 aromatic rings. The Morgan fingerprint density at radius 2 is 1.65 bits per heavy atom. The molecule has 1 unspecified atom stereocenters. The second-order valence-corrected chi connectivity index (χ2v) is 8.27. The van der Waals surface area contributed by atoms with Crippen molar-refractivity contribution in [2.45, 2.75) is 38.8 Å². The summed E-state index contributed by atoms with van der Waals surface area (Å²) in [6, 6.07) is 21.0. The second-order valence-electron chi connectivity index (χ2n) is 8.27. The summed E-state index contributed by atoms with van der Waals surface area (Å²) < 4.78 is 17.6. The van der Waals surface area contributed by atoms with Gasteiger partial charge in [0.15, 0.2) is 11.5 Å². The fourth-order valence-corrected chi connectivity index (χ4v) is 4.17. The normalized spacial score (nSPS) is 15.5. The van der Waals surface area contributed by atoms with Crippen molar-refractivity contribution >= 4 is 0 Å². The maximum absolute atomic E-state index is 6.19. The van der Waals surface area contributed by atoms with Crippen LogP contribution in [0.1, 0.15) is 53.6 Å². The van der Waals surface area contributed by atoms with Crippen LogP contribution in [0.25, 0.3) is 0 Å². The molecule has 31 heavy (non-hydrogen) atoms. The van der Waals surface area contributed by atoms with E-state index < -0.39 is 0 Å². The third-order valence-electron chi connectivity index (χ3n) is 5.95. The number of rotatable bonds is 7. The highest BCUT2D eigenvalue weighted by atomic mass is 16.5. The van der Waals surface area contributed by atoms with Crippen LogP contribution < -0.4 is 19.5 Å². The maximum atomic E-state index is 6.19. The Kier molecular flexibility index (Phi) is 6.47. The molecule has 0 radical (unpaired) electrons. The molecule has 0 spiro atoms. The molecule has 1 atom stereocenters. The molecule has 162 valence electrons. The van der Waals surface area contributed by atoms with E-state index in [0.29, 0.717) is 12.5 Å². The van der Waals surface area contributed by atoms with Crippen molar-refractivity contribution in [3.63, 3.8) is 0 Å². The van der Waals surface area contributed by atoms with Crippen LogP contribution in [0.5, 0.6) is 17.2 Å². The molecule has 3 aromatic carbocycles. The van der Waals surface area contributed by atoms with Crippen LogP contribution in [0.4, 0.5) is 0 Å². The first-order valence-corrected chi connectivity index (χ1v) is 10.9. The number of fused-ring (bicyclic) bond motifs is 1. The molecule has 1 N–H and O–H groups in total. The molecule has 0 saturated carbocycles. The summed E-state index contributed by atoms with van der Waals surface area (Å²) in [5.41, 5.74) is 6.04. The molecule has 0 saturated heterocycles. The third kappa shape index (κ3) is 4.54. The van der Waals surface area contributed by atoms with Gasteiger partial charge in [-0.3, -0.25) is 0 Å². The number of benzene rings is 3. The predicted octanol–water partition coefficient (Wildman–Crippen LogP) is 5.64. The standard InChI is InChI=1S/C27H31NO3/c1-18(2)20-10-11-22(24(14-20)29-3)27-23-16-26(31-17-19-8-6-5-7-9-19)25(30-4)15-21(23)12-13-28-27/h5-11,14-16,18,27-28H,12-13,17H2,1-4H3. The van der Waals surface area contributed by atoms with Crippen LogP contribution >= 0.6 is 0 Å². The summed E-state index contributed by atoms with van der Waals surface area (Å²) in [7, 11) is 3.44. The lowest BCUT2D eigenvalue weighted by Gasteiger charge is -2.30. The number of nitrogens with one attached hydrogen (secondary N) is 1. The second kappa shape index (κ2) is 9.44. The number of hydrogen-bond donors (Lipinski definition) is 1. The SMILES string of the molecule is COc1cc2c(cc1OCc1ccccc1)C(c1ccc(C(C)C)cc1OC)NCC2. The minimum absolute atomic E-state index is 0.0462. The third-order valence-corrected chi connectivity index (χ3v) is 5.95. The number of hydrogen-bond acceptors (Lipinski definition) is 4. The van der Waals surface area contributed by atoms with Crippen LogP contribution in [0.2, 0.25) is 0 Å². The Balaban J connectivity index is 1.70. The van der Waals surface area contributed by atoms with Crippen LogP contribution in [0.3, 0.4) is 0 Å². The Morgan fingerprint density at radius 1 is 0.871 bits per heavy atom. The molecule has 4 heteroatoms. The van der Waals surface area contributed by atoms with E-state index in [4.69, 9.17) is 14.2 Å². The van der Waals surface area contributed by atoms with Crippen LogP contribution in [0.15, 0.2) is 60.7 Å². The van der Waals surface area contributed by atoms with Gasteiger partial charge in [0.2, 0.25) is 0 Å². The average Bonchev–Trinajstić information content (AvgIpc) is 2.81. The number of ether oxygens (including phenoxy) is 3. The molecular formula is C27H31NO3. The van der Waals surface area contributed by atoms with Gasteiger partial charge in [-0.05, 0) is 52.8 Å². The Morgan fingerprint density at radius 3 is 2.35 bits per heavy atom. The van der Waals surface area contributed by atoms with Crippen molar-refractivity contribution in [3.05, 3.63) is 88.5 Å². The Bertz CT molecular complexity index is 1030. The minimum Gasteiger partial charge on any atom is -0.496 e. The van der Waals surface area contributed by atoms with E-state index in [0.717, 1.165) is 41.3 Å². The zero-order valence-electron chi connectivity index (χ0n) is 18.8. The highest BCUT2D eigenvalue weighted by Crippen LogP contribution is 2.40. The van der Waals surface area contributed by atoms with E-state index in [9.17, 15) is 0 Å². The fraction of sp³-hybridized carbons (Fsp3) is 0.333. The molecule has 0 aromatic heterocycles. The molecule has 0 bridgehead atoms. The summed E-state index contributed by atoms with van der Waals surface area (Å²) in [4.78, 5) is 0. The van der Waals surface area contributed by atoms with E-state index in [1.165, 1.54) is 16.7 Å². The monoisotopic (exact) mass is 417 g/mol. The quantitative estimate of drug-likeness (QED) is 0.540. The molecule has 1 aliphatic heterocycles. The first kappa shape index (κ1) is 21.3. The van der Waals surface area contributed by atoms with Crippen LogP contribution in [-0.2, 0) is 13.0 Å². The predicted molar refractivity (Wildman–Crippen MR) is 124 cm³/mol. The van der Waals surface area contributed by atoms with Crippen molar-refractivity contribution in [3.8, 4) is 17.2 Å². The Hall–Kier alpha value is -2.98. The molecule has 0 fully saturated rings. The minimum atomic E-state index is 0.0462. The van der Waals surface area contributed by atoms with Gasteiger partial charge in [-0.2, -0.15) is 0 Å². The van der Waals surface area contributed by atoms with E-state index in [-0.39, 0.29) is 6.04 Å². The molecular weight excluding hydrogens is 386 g/mol.